The number of carbonyl (C=O) groups is 2. The highest BCUT2D eigenvalue weighted by molar-refractivity contribution is 6.35. The molecule has 1 aliphatic heterocycles. The lowest BCUT2D eigenvalue weighted by Gasteiger charge is -2.36. The highest BCUT2D eigenvalue weighted by atomic mass is 35.5. The first-order chi connectivity index (χ1) is 8.40. The molecule has 2 amide bonds. The largest absolute Gasteiger partial charge is 0.343 e. The lowest BCUT2D eigenvalue weighted by Crippen LogP contribution is -2.61. The van der Waals surface area contributed by atoms with E-state index in [1.165, 1.54) is 4.90 Å². The predicted molar refractivity (Wildman–Crippen MR) is 71.0 cm³/mol. The summed E-state index contributed by atoms with van der Waals surface area (Å²) in [6, 6.07) is 3.69. The van der Waals surface area contributed by atoms with Crippen molar-refractivity contribution in [2.24, 2.45) is 0 Å². The predicted octanol–water partition coefficient (Wildman–Crippen LogP) is 2.23. The normalized spacial score (nSPS) is 24.1. The zero-order valence-corrected chi connectivity index (χ0v) is 11.4. The molecule has 2 atom stereocenters. The minimum atomic E-state index is -0.580. The topological polar surface area (TPSA) is 49.4 Å². The van der Waals surface area contributed by atoms with Gasteiger partial charge in [-0.2, -0.15) is 0 Å². The van der Waals surface area contributed by atoms with Gasteiger partial charge in [0, 0.05) is 15.7 Å². The van der Waals surface area contributed by atoms with E-state index in [1.807, 2.05) is 0 Å². The number of benzene rings is 1. The number of hydrogen-bond donors (Lipinski definition) is 1. The monoisotopic (exact) mass is 286 g/mol. The van der Waals surface area contributed by atoms with Crippen molar-refractivity contribution in [3.63, 3.8) is 0 Å². The van der Waals surface area contributed by atoms with Crippen molar-refractivity contribution in [3.8, 4) is 0 Å². The molecule has 1 fully saturated rings. The number of rotatable bonds is 1. The number of halogens is 2. The summed E-state index contributed by atoms with van der Waals surface area (Å²) >= 11 is 11.8. The molecule has 0 spiro atoms. The van der Waals surface area contributed by atoms with E-state index in [4.69, 9.17) is 23.2 Å². The molecule has 0 radical (unpaired) electrons. The van der Waals surface area contributed by atoms with Gasteiger partial charge in [-0.1, -0.05) is 23.2 Å². The molecule has 0 aliphatic carbocycles. The fourth-order valence-electron chi connectivity index (χ4n) is 1.94. The van der Waals surface area contributed by atoms with Crippen LogP contribution in [0.4, 0.5) is 5.69 Å². The molecule has 2 unspecified atom stereocenters. The quantitative estimate of drug-likeness (QED) is 0.861. The third-order valence-corrected chi connectivity index (χ3v) is 3.30. The van der Waals surface area contributed by atoms with Crippen molar-refractivity contribution in [1.29, 1.82) is 0 Å². The molecule has 1 heterocycles. The number of anilines is 1. The van der Waals surface area contributed by atoms with Gasteiger partial charge in [-0.05, 0) is 32.0 Å². The number of nitrogens with one attached hydrogen (secondary N) is 1. The van der Waals surface area contributed by atoms with Crippen molar-refractivity contribution in [2.45, 2.75) is 25.9 Å². The van der Waals surface area contributed by atoms with E-state index in [2.05, 4.69) is 5.32 Å². The van der Waals surface area contributed by atoms with E-state index in [0.29, 0.717) is 15.7 Å². The molecule has 96 valence electrons. The number of nitrogens with zero attached hydrogens (tertiary/aromatic N) is 1. The summed E-state index contributed by atoms with van der Waals surface area (Å²) in [7, 11) is 0. The smallest absolute Gasteiger partial charge is 0.250 e. The summed E-state index contributed by atoms with van der Waals surface area (Å²) in [5, 5.41) is 3.47. The van der Waals surface area contributed by atoms with Gasteiger partial charge in [0.25, 0.3) is 0 Å². The number of piperazine rings is 1. The van der Waals surface area contributed by atoms with Crippen molar-refractivity contribution in [3.05, 3.63) is 28.2 Å². The Morgan fingerprint density at radius 3 is 2.22 bits per heavy atom. The van der Waals surface area contributed by atoms with Crippen LogP contribution in [0.1, 0.15) is 13.8 Å². The van der Waals surface area contributed by atoms with E-state index in [1.54, 1.807) is 32.0 Å². The Morgan fingerprint density at radius 1 is 1.11 bits per heavy atom. The van der Waals surface area contributed by atoms with Crippen LogP contribution in [0.3, 0.4) is 0 Å². The van der Waals surface area contributed by atoms with Crippen LogP contribution in [-0.2, 0) is 9.59 Å². The molecule has 0 bridgehead atoms. The maximum Gasteiger partial charge on any atom is 0.250 e. The SMILES string of the molecule is CC1NC(=O)C(C)N(c2cc(Cl)cc(Cl)c2)C1=O. The van der Waals surface area contributed by atoms with Crippen LogP contribution in [0, 0.1) is 0 Å². The first kappa shape index (κ1) is 13.2. The Morgan fingerprint density at radius 2 is 1.67 bits per heavy atom. The lowest BCUT2D eigenvalue weighted by atomic mass is 10.1. The Hall–Kier alpha value is -1.26. The highest BCUT2D eigenvalue weighted by Crippen LogP contribution is 2.28. The first-order valence-electron chi connectivity index (χ1n) is 5.49. The fraction of sp³-hybridized carbons (Fsp3) is 0.333. The Balaban J connectivity index is 2.46. The molecule has 1 aromatic rings. The summed E-state index contributed by atoms with van der Waals surface area (Å²) < 4.78 is 0. The van der Waals surface area contributed by atoms with E-state index in [-0.39, 0.29) is 11.8 Å². The standard InChI is InChI=1S/C12H12Cl2N2O2/c1-6-12(18)16(7(2)11(17)15-6)10-4-8(13)3-9(14)5-10/h3-7H,1-2H3,(H,15,17). The van der Waals surface area contributed by atoms with Gasteiger partial charge >= 0.3 is 0 Å². The second-order valence-electron chi connectivity index (χ2n) is 4.24. The zero-order chi connectivity index (χ0) is 13.4. The molecule has 6 heteroatoms. The number of carbonyl (C=O) groups excluding carboxylic acids is 2. The van der Waals surface area contributed by atoms with Crippen molar-refractivity contribution < 1.29 is 9.59 Å². The van der Waals surface area contributed by atoms with Crippen LogP contribution >= 0.6 is 23.2 Å². The highest BCUT2D eigenvalue weighted by Gasteiger charge is 2.36. The van der Waals surface area contributed by atoms with Gasteiger partial charge in [-0.25, -0.2) is 0 Å². The van der Waals surface area contributed by atoms with Crippen LogP contribution in [0.25, 0.3) is 0 Å². The number of amides is 2. The number of hydrogen-bond acceptors (Lipinski definition) is 2. The summed E-state index contributed by atoms with van der Waals surface area (Å²) in [6.45, 7) is 3.30. The average molecular weight is 287 g/mol. The summed E-state index contributed by atoms with van der Waals surface area (Å²) in [5.74, 6) is -0.376. The molecule has 2 rings (SSSR count). The van der Waals surface area contributed by atoms with Gasteiger partial charge in [0.15, 0.2) is 0 Å². The van der Waals surface area contributed by atoms with Crippen LogP contribution < -0.4 is 10.2 Å². The molecule has 4 nitrogen and oxygen atoms in total. The van der Waals surface area contributed by atoms with E-state index >= 15 is 0 Å². The molecular formula is C12H12Cl2N2O2. The second kappa shape index (κ2) is 4.78. The van der Waals surface area contributed by atoms with Gasteiger partial charge in [-0.3, -0.25) is 14.5 Å². The molecule has 1 saturated heterocycles. The van der Waals surface area contributed by atoms with E-state index in [9.17, 15) is 9.59 Å². The average Bonchev–Trinajstić information content (AvgIpc) is 2.25. The van der Waals surface area contributed by atoms with Crippen LogP contribution in [0.5, 0.6) is 0 Å². The zero-order valence-electron chi connectivity index (χ0n) is 9.91. The maximum atomic E-state index is 12.1. The van der Waals surface area contributed by atoms with Crippen molar-refractivity contribution in [2.75, 3.05) is 4.90 Å². The summed E-state index contributed by atoms with van der Waals surface area (Å²) in [6.07, 6.45) is 0. The van der Waals surface area contributed by atoms with E-state index in [0.717, 1.165) is 0 Å². The molecule has 0 saturated carbocycles. The molecule has 1 aromatic carbocycles. The maximum absolute atomic E-state index is 12.1. The first-order valence-corrected chi connectivity index (χ1v) is 6.25. The molecule has 1 N–H and O–H groups in total. The molecule has 1 aliphatic rings. The fourth-order valence-corrected chi connectivity index (χ4v) is 2.46. The van der Waals surface area contributed by atoms with Crippen molar-refractivity contribution >= 4 is 40.7 Å². The van der Waals surface area contributed by atoms with Gasteiger partial charge < -0.3 is 5.32 Å². The van der Waals surface area contributed by atoms with Crippen LogP contribution in [0.15, 0.2) is 18.2 Å². The minimum Gasteiger partial charge on any atom is -0.343 e. The van der Waals surface area contributed by atoms with Gasteiger partial charge in [0.2, 0.25) is 11.8 Å². The Labute approximate surface area is 115 Å². The van der Waals surface area contributed by atoms with Crippen LogP contribution in [0.2, 0.25) is 10.0 Å². The Bertz CT molecular complexity index is 499. The molecule has 18 heavy (non-hydrogen) atoms. The Kier molecular flexibility index (Phi) is 3.50. The van der Waals surface area contributed by atoms with Crippen molar-refractivity contribution in [1.82, 2.24) is 5.32 Å². The molecular weight excluding hydrogens is 275 g/mol. The van der Waals surface area contributed by atoms with Crippen LogP contribution in [-0.4, -0.2) is 23.9 Å². The van der Waals surface area contributed by atoms with E-state index < -0.39 is 12.1 Å². The summed E-state index contributed by atoms with van der Waals surface area (Å²) in [4.78, 5) is 25.3. The minimum absolute atomic E-state index is 0.180. The lowest BCUT2D eigenvalue weighted by molar-refractivity contribution is -0.133. The molecule has 0 aromatic heterocycles. The van der Waals surface area contributed by atoms with Gasteiger partial charge in [0.05, 0.1) is 0 Å². The van der Waals surface area contributed by atoms with Gasteiger partial charge in [0.1, 0.15) is 12.1 Å². The third kappa shape index (κ3) is 2.31. The third-order valence-electron chi connectivity index (χ3n) is 2.86. The summed E-state index contributed by atoms with van der Waals surface area (Å²) in [5.41, 5.74) is 0.534. The van der Waals surface area contributed by atoms with Gasteiger partial charge in [-0.15, -0.1) is 0 Å². The second-order valence-corrected chi connectivity index (χ2v) is 5.12.